The first-order chi connectivity index (χ1) is 13.5. The first kappa shape index (κ1) is 20.9. The minimum atomic E-state index is -0.625. The van der Waals surface area contributed by atoms with Crippen LogP contribution in [0.4, 0.5) is 5.69 Å². The molecule has 6 heteroatoms. The highest BCUT2D eigenvalue weighted by molar-refractivity contribution is 5.95. The lowest BCUT2D eigenvalue weighted by Crippen LogP contribution is -2.35. The van der Waals surface area contributed by atoms with Gasteiger partial charge in [-0.25, -0.2) is 4.79 Å². The zero-order valence-electron chi connectivity index (χ0n) is 16.0. The lowest BCUT2D eigenvalue weighted by Gasteiger charge is -2.10. The summed E-state index contributed by atoms with van der Waals surface area (Å²) in [6.07, 6.45) is 3.69. The molecule has 2 amide bonds. The van der Waals surface area contributed by atoms with E-state index < -0.39 is 18.5 Å². The molecule has 0 aromatic heterocycles. The van der Waals surface area contributed by atoms with Gasteiger partial charge in [0.25, 0.3) is 5.91 Å². The largest absolute Gasteiger partial charge is 0.452 e. The second kappa shape index (κ2) is 10.7. The summed E-state index contributed by atoms with van der Waals surface area (Å²) in [5.41, 5.74) is 3.65. The third kappa shape index (κ3) is 6.72. The van der Waals surface area contributed by atoms with Crippen molar-refractivity contribution < 1.29 is 19.1 Å². The quantitative estimate of drug-likeness (QED) is 0.545. The Kier molecular flexibility index (Phi) is 7.96. The summed E-state index contributed by atoms with van der Waals surface area (Å²) in [4.78, 5) is 35.4. The molecule has 146 valence electrons. The average molecular weight is 380 g/mol. The number of hydrogen-bond donors (Lipinski definition) is 2. The van der Waals surface area contributed by atoms with Crippen molar-refractivity contribution >= 4 is 29.5 Å². The molecule has 0 saturated carbocycles. The number of anilines is 1. The summed E-state index contributed by atoms with van der Waals surface area (Å²) in [7, 11) is 0. The molecule has 28 heavy (non-hydrogen) atoms. The van der Waals surface area contributed by atoms with Crippen molar-refractivity contribution in [1.29, 1.82) is 0 Å². The highest BCUT2D eigenvalue weighted by Gasteiger charge is 2.09. The highest BCUT2D eigenvalue weighted by atomic mass is 16.5. The van der Waals surface area contributed by atoms with Gasteiger partial charge in [0.15, 0.2) is 6.61 Å². The van der Waals surface area contributed by atoms with Gasteiger partial charge in [0.05, 0.1) is 6.54 Å². The van der Waals surface area contributed by atoms with Gasteiger partial charge in [-0.05, 0) is 42.2 Å². The standard InChI is InChI=1S/C22H24N2O4/c1-3-17-9-6-7-11-19(17)24-20(25)14-23-21(26)15-28-22(27)13-12-18-10-5-4-8-16(18)2/h4-13H,3,14-15H2,1-2H3,(H,23,26)(H,24,25)/b13-12+. The third-order valence-corrected chi connectivity index (χ3v) is 4.05. The van der Waals surface area contributed by atoms with Gasteiger partial charge in [-0.15, -0.1) is 0 Å². The van der Waals surface area contributed by atoms with E-state index in [0.29, 0.717) is 0 Å². The minimum absolute atomic E-state index is 0.201. The molecule has 0 atom stereocenters. The monoisotopic (exact) mass is 380 g/mol. The Hall–Kier alpha value is -3.41. The lowest BCUT2D eigenvalue weighted by atomic mass is 10.1. The van der Waals surface area contributed by atoms with Crippen LogP contribution in [0.3, 0.4) is 0 Å². The van der Waals surface area contributed by atoms with Crippen LogP contribution in [-0.2, 0) is 25.5 Å². The molecule has 0 aliphatic heterocycles. The Bertz CT molecular complexity index is 874. The summed E-state index contributed by atoms with van der Waals surface area (Å²) in [6, 6.07) is 15.1. The van der Waals surface area contributed by atoms with Gasteiger partial charge in [0, 0.05) is 11.8 Å². The van der Waals surface area contributed by atoms with Gasteiger partial charge >= 0.3 is 5.97 Å². The fourth-order valence-corrected chi connectivity index (χ4v) is 2.49. The molecule has 0 heterocycles. The molecule has 2 aromatic carbocycles. The van der Waals surface area contributed by atoms with E-state index in [0.717, 1.165) is 28.8 Å². The van der Waals surface area contributed by atoms with E-state index in [2.05, 4.69) is 10.6 Å². The van der Waals surface area contributed by atoms with Crippen LogP contribution in [0.25, 0.3) is 6.08 Å². The number of aryl methyl sites for hydroxylation is 2. The number of benzene rings is 2. The molecular weight excluding hydrogens is 356 g/mol. The van der Waals surface area contributed by atoms with E-state index in [-0.39, 0.29) is 12.5 Å². The van der Waals surface area contributed by atoms with Gasteiger partial charge in [-0.2, -0.15) is 0 Å². The van der Waals surface area contributed by atoms with Gasteiger partial charge < -0.3 is 15.4 Å². The summed E-state index contributed by atoms with van der Waals surface area (Å²) in [6.45, 7) is 3.28. The Labute approximate surface area is 164 Å². The molecule has 6 nitrogen and oxygen atoms in total. The highest BCUT2D eigenvalue weighted by Crippen LogP contribution is 2.15. The number of hydrogen-bond acceptors (Lipinski definition) is 4. The molecule has 0 saturated heterocycles. The van der Waals surface area contributed by atoms with Crippen molar-refractivity contribution in [3.05, 3.63) is 71.3 Å². The predicted octanol–water partition coefficient (Wildman–Crippen LogP) is 2.87. The Morgan fingerprint density at radius 1 is 1.00 bits per heavy atom. The van der Waals surface area contributed by atoms with Crippen LogP contribution in [-0.4, -0.2) is 30.9 Å². The predicted molar refractivity (Wildman–Crippen MR) is 109 cm³/mol. The molecule has 0 unspecified atom stereocenters. The zero-order valence-corrected chi connectivity index (χ0v) is 16.0. The second-order valence-corrected chi connectivity index (χ2v) is 6.13. The average Bonchev–Trinajstić information content (AvgIpc) is 2.70. The van der Waals surface area contributed by atoms with Gasteiger partial charge in [-0.1, -0.05) is 49.4 Å². The van der Waals surface area contributed by atoms with Gasteiger partial charge in [0.2, 0.25) is 5.91 Å². The number of amides is 2. The van der Waals surface area contributed by atoms with Crippen molar-refractivity contribution in [3.8, 4) is 0 Å². The number of nitrogens with one attached hydrogen (secondary N) is 2. The van der Waals surface area contributed by atoms with Crippen molar-refractivity contribution in [2.45, 2.75) is 20.3 Å². The molecule has 2 rings (SSSR count). The number of carbonyl (C=O) groups excluding carboxylic acids is 3. The molecule has 0 aliphatic rings. The van der Waals surface area contributed by atoms with E-state index in [4.69, 9.17) is 4.74 Å². The maximum Gasteiger partial charge on any atom is 0.331 e. The Morgan fingerprint density at radius 3 is 2.46 bits per heavy atom. The fraction of sp³-hybridized carbons (Fsp3) is 0.227. The maximum absolute atomic E-state index is 12.0. The molecule has 0 spiro atoms. The Balaban J connectivity index is 1.72. The fourth-order valence-electron chi connectivity index (χ4n) is 2.49. The zero-order chi connectivity index (χ0) is 20.4. The smallest absolute Gasteiger partial charge is 0.331 e. The SMILES string of the molecule is CCc1ccccc1NC(=O)CNC(=O)COC(=O)/C=C/c1ccccc1C. The normalized spacial score (nSPS) is 10.5. The summed E-state index contributed by atoms with van der Waals surface area (Å²) < 4.78 is 4.88. The van der Waals surface area contributed by atoms with E-state index in [1.165, 1.54) is 6.08 Å². The van der Waals surface area contributed by atoms with Crippen LogP contribution in [0.5, 0.6) is 0 Å². The number of rotatable bonds is 8. The van der Waals surface area contributed by atoms with Crippen molar-refractivity contribution in [2.24, 2.45) is 0 Å². The number of para-hydroxylation sites is 1. The van der Waals surface area contributed by atoms with E-state index in [9.17, 15) is 14.4 Å². The number of carbonyl (C=O) groups is 3. The minimum Gasteiger partial charge on any atom is -0.452 e. The summed E-state index contributed by atoms with van der Waals surface area (Å²) in [5.74, 6) is -1.52. The molecular formula is C22H24N2O4. The van der Waals surface area contributed by atoms with Crippen LogP contribution >= 0.6 is 0 Å². The summed E-state index contributed by atoms with van der Waals surface area (Å²) >= 11 is 0. The lowest BCUT2D eigenvalue weighted by molar-refractivity contribution is -0.143. The molecule has 0 aliphatic carbocycles. The van der Waals surface area contributed by atoms with Crippen molar-refractivity contribution in [3.63, 3.8) is 0 Å². The van der Waals surface area contributed by atoms with Crippen LogP contribution in [0.2, 0.25) is 0 Å². The van der Waals surface area contributed by atoms with Gasteiger partial charge in [-0.3, -0.25) is 9.59 Å². The molecule has 0 bridgehead atoms. The molecule has 2 N–H and O–H groups in total. The van der Waals surface area contributed by atoms with Crippen molar-refractivity contribution in [2.75, 3.05) is 18.5 Å². The Morgan fingerprint density at radius 2 is 1.71 bits per heavy atom. The van der Waals surface area contributed by atoms with Crippen LogP contribution in [0.1, 0.15) is 23.6 Å². The van der Waals surface area contributed by atoms with Crippen molar-refractivity contribution in [1.82, 2.24) is 5.32 Å². The molecule has 0 radical (unpaired) electrons. The topological polar surface area (TPSA) is 84.5 Å². The first-order valence-corrected chi connectivity index (χ1v) is 9.04. The van der Waals surface area contributed by atoms with Crippen LogP contribution in [0.15, 0.2) is 54.6 Å². The molecule has 0 fully saturated rings. The van der Waals surface area contributed by atoms with Gasteiger partial charge in [0.1, 0.15) is 0 Å². The van der Waals surface area contributed by atoms with Crippen LogP contribution in [0, 0.1) is 6.92 Å². The molecule has 2 aromatic rings. The van der Waals surface area contributed by atoms with E-state index >= 15 is 0 Å². The number of ether oxygens (including phenoxy) is 1. The van der Waals surface area contributed by atoms with E-state index in [1.54, 1.807) is 12.1 Å². The third-order valence-electron chi connectivity index (χ3n) is 4.05. The second-order valence-electron chi connectivity index (χ2n) is 6.13. The van der Waals surface area contributed by atoms with Crippen LogP contribution < -0.4 is 10.6 Å². The number of esters is 1. The van der Waals surface area contributed by atoms with E-state index in [1.807, 2.05) is 56.3 Å². The first-order valence-electron chi connectivity index (χ1n) is 9.04. The maximum atomic E-state index is 12.0. The summed E-state index contributed by atoms with van der Waals surface area (Å²) in [5, 5.41) is 5.18.